The van der Waals surface area contributed by atoms with Gasteiger partial charge in [-0.1, -0.05) is 13.8 Å². The van der Waals surface area contributed by atoms with Crippen molar-refractivity contribution in [2.45, 2.75) is 58.5 Å². The Morgan fingerprint density at radius 1 is 1.33 bits per heavy atom. The molecule has 3 N–H and O–H groups in total. The molecule has 27 heavy (non-hydrogen) atoms. The van der Waals surface area contributed by atoms with Crippen LogP contribution >= 0.6 is 0 Å². The van der Waals surface area contributed by atoms with Gasteiger partial charge in [0.2, 0.25) is 5.95 Å². The maximum Gasteiger partial charge on any atom is 0.300 e. The number of nitrogens with zero attached hydrogens (tertiary/aromatic N) is 4. The molecule has 1 aliphatic heterocycles. The fraction of sp³-hybridized carbons (Fsp3) is 0.579. The maximum absolute atomic E-state index is 9.00. The molecule has 2 aromatic heterocycles. The van der Waals surface area contributed by atoms with Crippen LogP contribution in [0.15, 0.2) is 24.8 Å². The van der Waals surface area contributed by atoms with Crippen LogP contribution in [-0.4, -0.2) is 49.7 Å². The van der Waals surface area contributed by atoms with E-state index >= 15 is 0 Å². The number of carbonyl (C=O) groups is 1. The topological polar surface area (TPSA) is 105 Å². The number of aliphatic carboxylic acids is 1. The highest BCUT2D eigenvalue weighted by Crippen LogP contribution is 2.28. The van der Waals surface area contributed by atoms with Crippen molar-refractivity contribution < 1.29 is 9.90 Å². The standard InChI is InChI=1S/C17H26N6.C2H4O2/c1-3-6-20-17-21-11-13(12-22-17)16-19-8-9-23(16)15-5-7-18-14(4-2)10-15;1-2(3)4/h8-9,11-12,14-15,18H,3-7,10H2,1-2H3,(H,20,21,22);1H3,(H,3,4)/t14-,15+;/m0./s1. The van der Waals surface area contributed by atoms with Crippen molar-refractivity contribution in [1.29, 1.82) is 0 Å². The lowest BCUT2D eigenvalue weighted by Gasteiger charge is -2.31. The number of imidazole rings is 1. The summed E-state index contributed by atoms with van der Waals surface area (Å²) in [5, 5.41) is 14.2. The molecule has 148 valence electrons. The summed E-state index contributed by atoms with van der Waals surface area (Å²) in [7, 11) is 0. The van der Waals surface area contributed by atoms with E-state index in [0.29, 0.717) is 18.0 Å². The highest BCUT2D eigenvalue weighted by Gasteiger charge is 2.23. The molecule has 0 saturated carbocycles. The maximum atomic E-state index is 9.00. The summed E-state index contributed by atoms with van der Waals surface area (Å²) in [6.45, 7) is 7.41. The summed E-state index contributed by atoms with van der Waals surface area (Å²) in [4.78, 5) is 22.3. The molecule has 0 amide bonds. The van der Waals surface area contributed by atoms with E-state index in [1.54, 1.807) is 0 Å². The average molecular weight is 374 g/mol. The number of nitrogens with one attached hydrogen (secondary N) is 2. The minimum atomic E-state index is -0.833. The van der Waals surface area contributed by atoms with Gasteiger partial charge < -0.3 is 20.3 Å². The Bertz CT molecular complexity index is 696. The van der Waals surface area contributed by atoms with Gasteiger partial charge >= 0.3 is 0 Å². The van der Waals surface area contributed by atoms with Gasteiger partial charge in [-0.2, -0.15) is 0 Å². The molecule has 0 aromatic carbocycles. The quantitative estimate of drug-likeness (QED) is 0.714. The van der Waals surface area contributed by atoms with Crippen LogP contribution in [0.3, 0.4) is 0 Å². The normalized spacial score (nSPS) is 19.1. The molecule has 1 fully saturated rings. The summed E-state index contributed by atoms with van der Waals surface area (Å²) in [6, 6.07) is 1.09. The van der Waals surface area contributed by atoms with Crippen LogP contribution in [0.4, 0.5) is 5.95 Å². The Labute approximate surface area is 160 Å². The molecular weight excluding hydrogens is 344 g/mol. The van der Waals surface area contributed by atoms with E-state index < -0.39 is 5.97 Å². The van der Waals surface area contributed by atoms with Gasteiger partial charge in [0.05, 0.1) is 5.56 Å². The first kappa shape index (κ1) is 20.8. The summed E-state index contributed by atoms with van der Waals surface area (Å²) >= 11 is 0. The molecule has 3 heterocycles. The lowest BCUT2D eigenvalue weighted by molar-refractivity contribution is -0.134. The van der Waals surface area contributed by atoms with Gasteiger partial charge in [0, 0.05) is 50.3 Å². The Kier molecular flexibility index (Phi) is 8.19. The first-order chi connectivity index (χ1) is 13.0. The SMILES string of the molecule is CC(=O)O.CCCNc1ncc(-c2nccn2[C@@H]2CCN[C@@H](CC)C2)cn1. The summed E-state index contributed by atoms with van der Waals surface area (Å²) in [6.07, 6.45) is 12.2. The second-order valence-corrected chi connectivity index (χ2v) is 6.64. The number of carboxylic acid groups (broad SMARTS) is 1. The monoisotopic (exact) mass is 374 g/mol. The number of carboxylic acids is 1. The van der Waals surface area contributed by atoms with Gasteiger partial charge in [0.1, 0.15) is 5.82 Å². The minimum Gasteiger partial charge on any atom is -0.481 e. The van der Waals surface area contributed by atoms with Crippen LogP contribution in [0.2, 0.25) is 0 Å². The highest BCUT2D eigenvalue weighted by molar-refractivity contribution is 5.63. The molecule has 0 unspecified atom stereocenters. The van der Waals surface area contributed by atoms with Crippen molar-refractivity contribution in [2.75, 3.05) is 18.4 Å². The molecule has 1 aliphatic rings. The molecule has 3 rings (SSSR count). The highest BCUT2D eigenvalue weighted by atomic mass is 16.4. The molecule has 8 nitrogen and oxygen atoms in total. The van der Waals surface area contributed by atoms with Crippen molar-refractivity contribution in [3.8, 4) is 11.4 Å². The zero-order chi connectivity index (χ0) is 19.6. The summed E-state index contributed by atoms with van der Waals surface area (Å²) < 4.78 is 2.29. The number of anilines is 1. The van der Waals surface area contributed by atoms with E-state index in [0.717, 1.165) is 50.7 Å². The van der Waals surface area contributed by atoms with Crippen molar-refractivity contribution >= 4 is 11.9 Å². The predicted octanol–water partition coefficient (Wildman–Crippen LogP) is 2.96. The molecule has 2 aromatic rings. The third kappa shape index (κ3) is 6.32. The van der Waals surface area contributed by atoms with Gasteiger partial charge in [-0.3, -0.25) is 4.79 Å². The van der Waals surface area contributed by atoms with Gasteiger partial charge in [-0.25, -0.2) is 15.0 Å². The smallest absolute Gasteiger partial charge is 0.300 e. The van der Waals surface area contributed by atoms with Crippen molar-refractivity contribution in [3.05, 3.63) is 24.8 Å². The summed E-state index contributed by atoms with van der Waals surface area (Å²) in [5.74, 6) is 0.815. The third-order valence-corrected chi connectivity index (χ3v) is 4.47. The zero-order valence-corrected chi connectivity index (χ0v) is 16.4. The van der Waals surface area contributed by atoms with E-state index in [1.165, 1.54) is 6.42 Å². The van der Waals surface area contributed by atoms with Crippen molar-refractivity contribution in [1.82, 2.24) is 24.8 Å². The van der Waals surface area contributed by atoms with Crippen LogP contribution < -0.4 is 10.6 Å². The third-order valence-electron chi connectivity index (χ3n) is 4.47. The number of aromatic nitrogens is 4. The molecule has 0 bridgehead atoms. The van der Waals surface area contributed by atoms with Crippen molar-refractivity contribution in [2.24, 2.45) is 0 Å². The van der Waals surface area contributed by atoms with E-state index in [4.69, 9.17) is 9.90 Å². The number of rotatable bonds is 6. The summed E-state index contributed by atoms with van der Waals surface area (Å²) in [5.41, 5.74) is 0.976. The van der Waals surface area contributed by atoms with Crippen LogP contribution in [-0.2, 0) is 4.79 Å². The average Bonchev–Trinajstić information content (AvgIpc) is 3.16. The fourth-order valence-corrected chi connectivity index (χ4v) is 3.15. The second-order valence-electron chi connectivity index (χ2n) is 6.64. The Morgan fingerprint density at radius 3 is 2.67 bits per heavy atom. The molecular formula is C19H30N6O2. The van der Waals surface area contributed by atoms with Crippen LogP contribution in [0.25, 0.3) is 11.4 Å². The van der Waals surface area contributed by atoms with Gasteiger partial charge in [0.25, 0.3) is 5.97 Å². The Morgan fingerprint density at radius 2 is 2.04 bits per heavy atom. The largest absolute Gasteiger partial charge is 0.481 e. The fourth-order valence-electron chi connectivity index (χ4n) is 3.15. The Hall–Kier alpha value is -2.48. The van der Waals surface area contributed by atoms with Gasteiger partial charge in [-0.15, -0.1) is 0 Å². The van der Waals surface area contributed by atoms with Crippen LogP contribution in [0.5, 0.6) is 0 Å². The number of hydrogen-bond acceptors (Lipinski definition) is 6. The van der Waals surface area contributed by atoms with E-state index in [1.807, 2.05) is 18.6 Å². The zero-order valence-electron chi connectivity index (χ0n) is 16.4. The van der Waals surface area contributed by atoms with Crippen LogP contribution in [0.1, 0.15) is 52.5 Å². The minimum absolute atomic E-state index is 0.497. The first-order valence-electron chi connectivity index (χ1n) is 9.57. The lowest BCUT2D eigenvalue weighted by Crippen LogP contribution is -2.38. The van der Waals surface area contributed by atoms with Gasteiger partial charge in [0.15, 0.2) is 0 Å². The molecule has 0 radical (unpaired) electrons. The lowest BCUT2D eigenvalue weighted by atomic mass is 9.97. The molecule has 1 saturated heterocycles. The Balaban J connectivity index is 0.000000596. The predicted molar refractivity (Wildman–Crippen MR) is 106 cm³/mol. The molecule has 0 aliphatic carbocycles. The number of piperidine rings is 1. The van der Waals surface area contributed by atoms with E-state index in [2.05, 4.69) is 50.2 Å². The van der Waals surface area contributed by atoms with Crippen LogP contribution in [0, 0.1) is 0 Å². The van der Waals surface area contributed by atoms with Crippen molar-refractivity contribution in [3.63, 3.8) is 0 Å². The second kappa shape index (κ2) is 10.6. The first-order valence-corrected chi connectivity index (χ1v) is 9.57. The molecule has 8 heteroatoms. The van der Waals surface area contributed by atoms with Gasteiger partial charge in [-0.05, 0) is 32.2 Å². The number of hydrogen-bond donors (Lipinski definition) is 3. The molecule has 2 atom stereocenters. The van der Waals surface area contributed by atoms with E-state index in [9.17, 15) is 0 Å². The van der Waals surface area contributed by atoms with E-state index in [-0.39, 0.29) is 0 Å². The molecule has 0 spiro atoms.